The van der Waals surface area contributed by atoms with Gasteiger partial charge < -0.3 is 0 Å². The molecule has 0 aliphatic carbocycles. The van der Waals surface area contributed by atoms with Crippen LogP contribution in [0, 0.1) is 12.7 Å². The second-order valence-electron chi connectivity index (χ2n) is 5.78. The minimum atomic E-state index is -0.260. The maximum Gasteiger partial charge on any atom is 0.123 e. The highest BCUT2D eigenvalue weighted by molar-refractivity contribution is 5.86. The number of fused-ring (bicyclic) bond motifs is 1. The average molecular weight is 314 g/mol. The van der Waals surface area contributed by atoms with Crippen LogP contribution >= 0.6 is 0 Å². The van der Waals surface area contributed by atoms with Crippen molar-refractivity contribution in [2.75, 3.05) is 0 Å². The Labute approximate surface area is 139 Å². The maximum atomic E-state index is 13.3. The van der Waals surface area contributed by atoms with Gasteiger partial charge in [0, 0.05) is 11.1 Å². The zero-order valence-electron chi connectivity index (χ0n) is 13.2. The normalized spacial score (nSPS) is 10.9. The lowest BCUT2D eigenvalue weighted by molar-refractivity contribution is 0.628. The van der Waals surface area contributed by atoms with Gasteiger partial charge in [0.1, 0.15) is 5.82 Å². The molecule has 0 bridgehead atoms. The molecule has 0 atom stereocenters. The second-order valence-corrected chi connectivity index (χ2v) is 5.78. The first-order chi connectivity index (χ1) is 11.7. The molecular formula is C21H15FN2. The van der Waals surface area contributed by atoms with Gasteiger partial charge in [-0.1, -0.05) is 42.0 Å². The summed E-state index contributed by atoms with van der Waals surface area (Å²) in [5.74, 6) is -0.260. The van der Waals surface area contributed by atoms with Crippen LogP contribution in [0.2, 0.25) is 0 Å². The lowest BCUT2D eigenvalue weighted by Crippen LogP contribution is -1.95. The van der Waals surface area contributed by atoms with Gasteiger partial charge >= 0.3 is 0 Å². The number of para-hydroxylation sites is 2. The summed E-state index contributed by atoms with van der Waals surface area (Å²) in [7, 11) is 0. The average Bonchev–Trinajstić information content (AvgIpc) is 2.62. The predicted molar refractivity (Wildman–Crippen MR) is 95.1 cm³/mol. The van der Waals surface area contributed by atoms with E-state index < -0.39 is 0 Å². The van der Waals surface area contributed by atoms with Crippen molar-refractivity contribution in [3.63, 3.8) is 0 Å². The molecule has 0 fully saturated rings. The number of aryl methyl sites for hydroxylation is 1. The van der Waals surface area contributed by atoms with Crippen molar-refractivity contribution in [2.24, 2.45) is 0 Å². The summed E-state index contributed by atoms with van der Waals surface area (Å²) in [4.78, 5) is 9.61. The molecule has 3 aromatic carbocycles. The summed E-state index contributed by atoms with van der Waals surface area (Å²) in [5, 5.41) is 0. The Bertz CT molecular complexity index is 922. The van der Waals surface area contributed by atoms with E-state index in [0.717, 1.165) is 33.5 Å². The van der Waals surface area contributed by atoms with Crippen molar-refractivity contribution in [2.45, 2.75) is 6.92 Å². The van der Waals surface area contributed by atoms with E-state index in [1.54, 1.807) is 12.1 Å². The molecule has 116 valence electrons. The molecule has 0 saturated heterocycles. The number of halogens is 1. The quantitative estimate of drug-likeness (QED) is 0.494. The molecule has 4 rings (SSSR count). The van der Waals surface area contributed by atoms with Crippen LogP contribution in [0.1, 0.15) is 5.56 Å². The molecule has 0 amide bonds. The lowest BCUT2D eigenvalue weighted by atomic mass is 10.0. The van der Waals surface area contributed by atoms with Crippen LogP contribution in [0.15, 0.2) is 72.8 Å². The van der Waals surface area contributed by atoms with E-state index in [1.165, 1.54) is 17.7 Å². The van der Waals surface area contributed by atoms with Gasteiger partial charge in [-0.2, -0.15) is 0 Å². The Morgan fingerprint density at radius 3 is 1.58 bits per heavy atom. The van der Waals surface area contributed by atoms with Gasteiger partial charge in [-0.15, -0.1) is 0 Å². The third kappa shape index (κ3) is 2.65. The van der Waals surface area contributed by atoms with E-state index in [0.29, 0.717) is 0 Å². The van der Waals surface area contributed by atoms with Crippen molar-refractivity contribution in [1.82, 2.24) is 9.97 Å². The highest BCUT2D eigenvalue weighted by Crippen LogP contribution is 2.31. The van der Waals surface area contributed by atoms with Crippen LogP contribution in [-0.4, -0.2) is 9.97 Å². The first-order valence-electron chi connectivity index (χ1n) is 7.80. The fraction of sp³-hybridized carbons (Fsp3) is 0.0476. The van der Waals surface area contributed by atoms with Gasteiger partial charge in [0.2, 0.25) is 0 Å². The molecule has 24 heavy (non-hydrogen) atoms. The third-order valence-corrected chi connectivity index (χ3v) is 4.01. The van der Waals surface area contributed by atoms with Crippen molar-refractivity contribution in [3.8, 4) is 22.5 Å². The zero-order valence-corrected chi connectivity index (χ0v) is 13.2. The van der Waals surface area contributed by atoms with Crippen molar-refractivity contribution < 1.29 is 4.39 Å². The number of aromatic nitrogens is 2. The third-order valence-electron chi connectivity index (χ3n) is 4.01. The molecule has 1 aromatic heterocycles. The van der Waals surface area contributed by atoms with E-state index in [2.05, 4.69) is 19.1 Å². The molecule has 2 nitrogen and oxygen atoms in total. The Balaban J connectivity index is 2.00. The SMILES string of the molecule is Cc1ccc(-c2nc3ccccc3nc2-c2ccc(F)cc2)cc1. The number of rotatable bonds is 2. The molecule has 0 aliphatic heterocycles. The molecule has 3 heteroatoms. The molecule has 1 heterocycles. The van der Waals surface area contributed by atoms with E-state index in [4.69, 9.17) is 9.97 Å². The van der Waals surface area contributed by atoms with Gasteiger partial charge in [0.25, 0.3) is 0 Å². The van der Waals surface area contributed by atoms with E-state index in [9.17, 15) is 4.39 Å². The number of hydrogen-bond donors (Lipinski definition) is 0. The standard InChI is InChI=1S/C21H15FN2/c1-14-6-8-15(9-7-14)20-21(16-10-12-17(22)13-11-16)24-19-5-3-2-4-18(19)23-20/h2-13H,1H3. The van der Waals surface area contributed by atoms with Crippen molar-refractivity contribution in [1.29, 1.82) is 0 Å². The van der Waals surface area contributed by atoms with Gasteiger partial charge in [-0.3, -0.25) is 0 Å². The summed E-state index contributed by atoms with van der Waals surface area (Å²) in [6.07, 6.45) is 0. The fourth-order valence-electron chi connectivity index (χ4n) is 2.72. The number of benzene rings is 3. The lowest BCUT2D eigenvalue weighted by Gasteiger charge is -2.11. The minimum absolute atomic E-state index is 0.260. The Morgan fingerprint density at radius 2 is 1.08 bits per heavy atom. The predicted octanol–water partition coefficient (Wildman–Crippen LogP) is 5.41. The minimum Gasteiger partial charge on any atom is -0.244 e. The van der Waals surface area contributed by atoms with E-state index >= 15 is 0 Å². The summed E-state index contributed by atoms with van der Waals surface area (Å²) in [5.41, 5.74) is 6.28. The molecule has 0 radical (unpaired) electrons. The molecule has 0 unspecified atom stereocenters. The van der Waals surface area contributed by atoms with Crippen LogP contribution < -0.4 is 0 Å². The van der Waals surface area contributed by atoms with Gasteiger partial charge in [-0.25, -0.2) is 14.4 Å². The molecule has 0 N–H and O–H groups in total. The van der Waals surface area contributed by atoms with Crippen LogP contribution in [0.4, 0.5) is 4.39 Å². The van der Waals surface area contributed by atoms with E-state index in [1.807, 2.05) is 36.4 Å². The Kier molecular flexibility index (Phi) is 3.54. The second kappa shape index (κ2) is 5.85. The number of hydrogen-bond acceptors (Lipinski definition) is 2. The van der Waals surface area contributed by atoms with Crippen LogP contribution in [-0.2, 0) is 0 Å². The van der Waals surface area contributed by atoms with Crippen molar-refractivity contribution in [3.05, 3.63) is 84.2 Å². The Morgan fingerprint density at radius 1 is 0.625 bits per heavy atom. The van der Waals surface area contributed by atoms with Crippen LogP contribution in [0.25, 0.3) is 33.5 Å². The maximum absolute atomic E-state index is 13.3. The topological polar surface area (TPSA) is 25.8 Å². The molecule has 4 aromatic rings. The zero-order chi connectivity index (χ0) is 16.5. The first kappa shape index (κ1) is 14.5. The largest absolute Gasteiger partial charge is 0.244 e. The molecule has 0 spiro atoms. The van der Waals surface area contributed by atoms with Crippen LogP contribution in [0.3, 0.4) is 0 Å². The highest BCUT2D eigenvalue weighted by Gasteiger charge is 2.13. The van der Waals surface area contributed by atoms with Gasteiger partial charge in [-0.05, 0) is 43.3 Å². The molecule has 0 saturated carbocycles. The van der Waals surface area contributed by atoms with E-state index in [-0.39, 0.29) is 5.82 Å². The monoisotopic (exact) mass is 314 g/mol. The molecule has 0 aliphatic rings. The first-order valence-corrected chi connectivity index (χ1v) is 7.80. The smallest absolute Gasteiger partial charge is 0.123 e. The van der Waals surface area contributed by atoms with Gasteiger partial charge in [0.15, 0.2) is 0 Å². The molecular weight excluding hydrogens is 299 g/mol. The van der Waals surface area contributed by atoms with Crippen LogP contribution in [0.5, 0.6) is 0 Å². The highest BCUT2D eigenvalue weighted by atomic mass is 19.1. The summed E-state index contributed by atoms with van der Waals surface area (Å²) in [6.45, 7) is 2.05. The summed E-state index contributed by atoms with van der Waals surface area (Å²) < 4.78 is 13.3. The van der Waals surface area contributed by atoms with Crippen molar-refractivity contribution >= 4 is 11.0 Å². The fourth-order valence-corrected chi connectivity index (χ4v) is 2.72. The number of nitrogens with zero attached hydrogens (tertiary/aromatic N) is 2. The summed E-state index contributed by atoms with van der Waals surface area (Å²) in [6, 6.07) is 22.4. The Hall–Kier alpha value is -3.07. The summed E-state index contributed by atoms with van der Waals surface area (Å²) >= 11 is 0. The van der Waals surface area contributed by atoms with Gasteiger partial charge in [0.05, 0.1) is 22.4 Å².